The zero-order valence-electron chi connectivity index (χ0n) is 11.1. The summed E-state index contributed by atoms with van der Waals surface area (Å²) in [7, 11) is -3.45. The van der Waals surface area contributed by atoms with Crippen LogP contribution in [0.2, 0.25) is 0 Å². The molecule has 108 valence electrons. The summed E-state index contributed by atoms with van der Waals surface area (Å²) < 4.78 is 27.9. The summed E-state index contributed by atoms with van der Waals surface area (Å²) in [5.41, 5.74) is 1.16. The number of halogens is 1. The van der Waals surface area contributed by atoms with Gasteiger partial charge in [-0.05, 0) is 51.5 Å². The number of hydrogen-bond donors (Lipinski definition) is 1. The SMILES string of the molecule is CCCc1ccc(S(=O)(=O)NCc2sccc2Br)cc1. The molecule has 1 N–H and O–H groups in total. The summed E-state index contributed by atoms with van der Waals surface area (Å²) in [6.45, 7) is 2.41. The molecule has 2 aromatic rings. The van der Waals surface area contributed by atoms with Crippen LogP contribution in [0.3, 0.4) is 0 Å². The fourth-order valence-electron chi connectivity index (χ4n) is 1.82. The predicted molar refractivity (Wildman–Crippen MR) is 86.5 cm³/mol. The van der Waals surface area contributed by atoms with E-state index in [-0.39, 0.29) is 0 Å². The number of nitrogens with one attached hydrogen (secondary N) is 1. The van der Waals surface area contributed by atoms with E-state index in [1.54, 1.807) is 12.1 Å². The number of sulfonamides is 1. The Morgan fingerprint density at radius 1 is 1.20 bits per heavy atom. The minimum Gasteiger partial charge on any atom is -0.207 e. The Hall–Kier alpha value is -0.690. The molecule has 0 saturated carbocycles. The lowest BCUT2D eigenvalue weighted by Crippen LogP contribution is -2.22. The van der Waals surface area contributed by atoms with Gasteiger partial charge in [0.05, 0.1) is 4.90 Å². The Morgan fingerprint density at radius 3 is 2.45 bits per heavy atom. The molecule has 0 aliphatic rings. The topological polar surface area (TPSA) is 46.2 Å². The van der Waals surface area contributed by atoms with Gasteiger partial charge in [-0.1, -0.05) is 25.5 Å². The molecule has 20 heavy (non-hydrogen) atoms. The Morgan fingerprint density at radius 2 is 1.90 bits per heavy atom. The first kappa shape index (κ1) is 15.7. The second-order valence-electron chi connectivity index (χ2n) is 4.41. The fourth-order valence-corrected chi connectivity index (χ4v) is 4.34. The maximum Gasteiger partial charge on any atom is 0.240 e. The molecule has 1 aromatic heterocycles. The second kappa shape index (κ2) is 6.85. The Labute approximate surface area is 132 Å². The van der Waals surface area contributed by atoms with Crippen LogP contribution in [0.4, 0.5) is 0 Å². The Balaban J connectivity index is 2.08. The van der Waals surface area contributed by atoms with Gasteiger partial charge >= 0.3 is 0 Å². The van der Waals surface area contributed by atoms with Crippen LogP contribution in [0, 0.1) is 0 Å². The van der Waals surface area contributed by atoms with Gasteiger partial charge in [0.2, 0.25) is 10.0 Å². The lowest BCUT2D eigenvalue weighted by molar-refractivity contribution is 0.581. The van der Waals surface area contributed by atoms with Crippen molar-refractivity contribution in [2.24, 2.45) is 0 Å². The normalized spacial score (nSPS) is 11.7. The zero-order chi connectivity index (χ0) is 14.6. The molecule has 0 spiro atoms. The van der Waals surface area contributed by atoms with Crippen molar-refractivity contribution in [3.63, 3.8) is 0 Å². The van der Waals surface area contributed by atoms with Gasteiger partial charge in [0.15, 0.2) is 0 Å². The molecule has 0 bridgehead atoms. The number of aryl methyl sites for hydroxylation is 1. The van der Waals surface area contributed by atoms with Crippen LogP contribution < -0.4 is 4.72 Å². The van der Waals surface area contributed by atoms with E-state index >= 15 is 0 Å². The smallest absolute Gasteiger partial charge is 0.207 e. The van der Waals surface area contributed by atoms with Crippen molar-refractivity contribution in [2.75, 3.05) is 0 Å². The highest BCUT2D eigenvalue weighted by Crippen LogP contribution is 2.23. The monoisotopic (exact) mass is 373 g/mol. The quantitative estimate of drug-likeness (QED) is 0.833. The lowest BCUT2D eigenvalue weighted by atomic mass is 10.1. The summed E-state index contributed by atoms with van der Waals surface area (Å²) in [6.07, 6.45) is 2.02. The molecule has 2 rings (SSSR count). The van der Waals surface area contributed by atoms with Gasteiger partial charge in [-0.25, -0.2) is 13.1 Å². The van der Waals surface area contributed by atoms with Crippen LogP contribution in [-0.4, -0.2) is 8.42 Å². The molecule has 6 heteroatoms. The molecule has 0 aliphatic carbocycles. The van der Waals surface area contributed by atoms with Gasteiger partial charge in [0, 0.05) is 15.9 Å². The van der Waals surface area contributed by atoms with E-state index < -0.39 is 10.0 Å². The Kier molecular flexibility index (Phi) is 5.37. The zero-order valence-corrected chi connectivity index (χ0v) is 14.3. The summed E-state index contributed by atoms with van der Waals surface area (Å²) in [6, 6.07) is 8.99. The molecule has 0 fully saturated rings. The number of rotatable bonds is 6. The minimum atomic E-state index is -3.45. The first-order valence-corrected chi connectivity index (χ1v) is 9.49. The van der Waals surface area contributed by atoms with Crippen molar-refractivity contribution in [1.29, 1.82) is 0 Å². The van der Waals surface area contributed by atoms with Gasteiger partial charge in [-0.2, -0.15) is 0 Å². The molecule has 1 aromatic carbocycles. The highest BCUT2D eigenvalue weighted by molar-refractivity contribution is 9.10. The molecule has 3 nitrogen and oxygen atoms in total. The van der Waals surface area contributed by atoms with Crippen LogP contribution >= 0.6 is 27.3 Å². The van der Waals surface area contributed by atoms with Crippen LogP contribution in [0.5, 0.6) is 0 Å². The molecule has 0 amide bonds. The summed E-state index contributed by atoms with van der Waals surface area (Å²) in [5, 5.41) is 1.92. The van der Waals surface area contributed by atoms with Gasteiger partial charge in [-0.15, -0.1) is 11.3 Å². The van der Waals surface area contributed by atoms with E-state index in [1.165, 1.54) is 11.3 Å². The van der Waals surface area contributed by atoms with Crippen molar-refractivity contribution in [2.45, 2.75) is 31.2 Å². The lowest BCUT2D eigenvalue weighted by Gasteiger charge is -2.07. The second-order valence-corrected chi connectivity index (χ2v) is 8.03. The molecule has 0 atom stereocenters. The number of hydrogen-bond acceptors (Lipinski definition) is 3. The van der Waals surface area contributed by atoms with Gasteiger partial charge in [0.1, 0.15) is 0 Å². The molecule has 0 unspecified atom stereocenters. The third-order valence-corrected chi connectivity index (χ3v) is 6.23. The maximum absolute atomic E-state index is 12.2. The molecular weight excluding hydrogens is 358 g/mol. The largest absolute Gasteiger partial charge is 0.240 e. The number of benzene rings is 1. The van der Waals surface area contributed by atoms with E-state index in [0.29, 0.717) is 11.4 Å². The van der Waals surface area contributed by atoms with E-state index in [9.17, 15) is 8.42 Å². The third-order valence-electron chi connectivity index (χ3n) is 2.89. The van der Waals surface area contributed by atoms with Crippen molar-refractivity contribution < 1.29 is 8.42 Å². The minimum absolute atomic E-state index is 0.303. The summed E-state index contributed by atoms with van der Waals surface area (Å²) >= 11 is 4.91. The van der Waals surface area contributed by atoms with Gasteiger partial charge in [0.25, 0.3) is 0 Å². The van der Waals surface area contributed by atoms with Crippen molar-refractivity contribution in [1.82, 2.24) is 4.72 Å². The summed E-state index contributed by atoms with van der Waals surface area (Å²) in [4.78, 5) is 1.28. The van der Waals surface area contributed by atoms with Crippen LogP contribution in [-0.2, 0) is 23.0 Å². The highest BCUT2D eigenvalue weighted by Gasteiger charge is 2.14. The molecule has 0 radical (unpaired) electrons. The van der Waals surface area contributed by atoms with Crippen LogP contribution in [0.25, 0.3) is 0 Å². The van der Waals surface area contributed by atoms with Gasteiger partial charge < -0.3 is 0 Å². The van der Waals surface area contributed by atoms with Crippen LogP contribution in [0.15, 0.2) is 45.1 Å². The summed E-state index contributed by atoms with van der Waals surface area (Å²) in [5.74, 6) is 0. The van der Waals surface area contributed by atoms with E-state index in [0.717, 1.165) is 27.8 Å². The predicted octanol–water partition coefficient (Wildman–Crippen LogP) is 3.94. The van der Waals surface area contributed by atoms with E-state index in [2.05, 4.69) is 27.6 Å². The highest BCUT2D eigenvalue weighted by atomic mass is 79.9. The first-order valence-electron chi connectivity index (χ1n) is 6.33. The van der Waals surface area contributed by atoms with Gasteiger partial charge in [-0.3, -0.25) is 0 Å². The average molecular weight is 374 g/mol. The molecule has 1 heterocycles. The molecule has 0 aliphatic heterocycles. The maximum atomic E-state index is 12.2. The fraction of sp³-hybridized carbons (Fsp3) is 0.286. The van der Waals surface area contributed by atoms with E-state index in [4.69, 9.17) is 0 Å². The first-order chi connectivity index (χ1) is 9.53. The van der Waals surface area contributed by atoms with Crippen molar-refractivity contribution in [3.8, 4) is 0 Å². The van der Waals surface area contributed by atoms with Crippen molar-refractivity contribution in [3.05, 3.63) is 50.6 Å². The van der Waals surface area contributed by atoms with Crippen molar-refractivity contribution >= 4 is 37.3 Å². The number of thiophene rings is 1. The third kappa shape index (κ3) is 3.91. The molecule has 0 saturated heterocycles. The standard InChI is InChI=1S/C14H16BrNO2S2/c1-2-3-11-4-6-12(7-5-11)20(17,18)16-10-14-13(15)8-9-19-14/h4-9,16H,2-3,10H2,1H3. The average Bonchev–Trinajstić information content (AvgIpc) is 2.83. The van der Waals surface area contributed by atoms with E-state index in [1.807, 2.05) is 23.6 Å². The Bertz CT molecular complexity index is 663. The van der Waals surface area contributed by atoms with Crippen LogP contribution in [0.1, 0.15) is 23.8 Å². The molecular formula is C14H16BrNO2S2.